The van der Waals surface area contributed by atoms with Gasteiger partial charge < -0.3 is 24.3 Å². The molecular weight excluding hydrogens is 498 g/mol. The summed E-state index contributed by atoms with van der Waals surface area (Å²) >= 11 is 0. The van der Waals surface area contributed by atoms with Gasteiger partial charge in [0.15, 0.2) is 23.0 Å². The largest absolute Gasteiger partial charge is 0.493 e. The zero-order chi connectivity index (χ0) is 27.7. The Bertz CT molecular complexity index is 1430. The Balaban J connectivity index is 1.38. The van der Waals surface area contributed by atoms with E-state index in [0.717, 1.165) is 59.1 Å². The van der Waals surface area contributed by atoms with Crippen LogP contribution in [0.2, 0.25) is 0 Å². The van der Waals surface area contributed by atoms with Gasteiger partial charge in [-0.05, 0) is 70.5 Å². The van der Waals surface area contributed by atoms with Gasteiger partial charge in [-0.1, -0.05) is 79.7 Å². The van der Waals surface area contributed by atoms with Crippen molar-refractivity contribution in [1.29, 1.82) is 0 Å². The molecule has 40 heavy (non-hydrogen) atoms. The second kappa shape index (κ2) is 13.2. The normalized spacial score (nSPS) is 14.5. The standard InChI is InChI=1S/C35H37NO4/c1-4-27-19-32(37-2)34(39-23-25-11-7-5-8-12-25)20-28(27)15-16-31-30-22-33(38-3)35(21-29(30)17-18-36-31)40-24-26-13-9-6-10-14-26/h5-16,19-22,31,36H,4,17-18,23-24H2,1-3H3. The van der Waals surface area contributed by atoms with Gasteiger partial charge in [0, 0.05) is 6.54 Å². The molecule has 1 atom stereocenters. The molecule has 1 heterocycles. The SMILES string of the molecule is CCc1cc(OC)c(OCc2ccccc2)cc1C=CC1NCCc2cc(OCc3ccccc3)c(OC)cc21. The number of rotatable bonds is 11. The Morgan fingerprint density at radius 2 is 1.35 bits per heavy atom. The molecule has 206 valence electrons. The Labute approximate surface area is 237 Å². The van der Waals surface area contributed by atoms with Crippen LogP contribution in [-0.2, 0) is 26.1 Å². The van der Waals surface area contributed by atoms with Crippen LogP contribution < -0.4 is 24.3 Å². The Kier molecular flexibility index (Phi) is 9.04. The molecule has 1 unspecified atom stereocenters. The fourth-order valence-corrected chi connectivity index (χ4v) is 5.06. The summed E-state index contributed by atoms with van der Waals surface area (Å²) in [6.07, 6.45) is 6.24. The third-order valence-electron chi connectivity index (χ3n) is 7.27. The second-order valence-corrected chi connectivity index (χ2v) is 9.85. The van der Waals surface area contributed by atoms with E-state index < -0.39 is 0 Å². The molecule has 4 aromatic carbocycles. The number of hydrogen-bond donors (Lipinski definition) is 1. The minimum atomic E-state index is 0.0568. The molecular formula is C35H37NO4. The van der Waals surface area contributed by atoms with Crippen molar-refractivity contribution in [3.63, 3.8) is 0 Å². The summed E-state index contributed by atoms with van der Waals surface area (Å²) in [4.78, 5) is 0. The molecule has 5 heteroatoms. The summed E-state index contributed by atoms with van der Waals surface area (Å²) in [6, 6.07) is 28.8. The summed E-state index contributed by atoms with van der Waals surface area (Å²) in [5.74, 6) is 3.01. The van der Waals surface area contributed by atoms with Crippen molar-refractivity contribution < 1.29 is 18.9 Å². The molecule has 5 rings (SSSR count). The van der Waals surface area contributed by atoms with Crippen molar-refractivity contribution in [2.24, 2.45) is 0 Å². The first kappa shape index (κ1) is 27.4. The predicted octanol–water partition coefficient (Wildman–Crippen LogP) is 7.32. The molecule has 5 nitrogen and oxygen atoms in total. The third-order valence-corrected chi connectivity index (χ3v) is 7.27. The number of aryl methyl sites for hydroxylation is 1. The zero-order valence-electron chi connectivity index (χ0n) is 23.5. The molecule has 0 aromatic heterocycles. The van der Waals surface area contributed by atoms with Gasteiger partial charge in [-0.3, -0.25) is 0 Å². The Hall–Kier alpha value is -4.22. The Morgan fingerprint density at radius 3 is 1.95 bits per heavy atom. The van der Waals surface area contributed by atoms with Crippen molar-refractivity contribution >= 4 is 6.08 Å². The maximum atomic E-state index is 6.20. The molecule has 0 fully saturated rings. The molecule has 1 N–H and O–H groups in total. The van der Waals surface area contributed by atoms with E-state index in [2.05, 4.69) is 72.9 Å². The molecule has 0 spiro atoms. The molecule has 4 aromatic rings. The van der Waals surface area contributed by atoms with Crippen LogP contribution in [0.1, 0.15) is 46.3 Å². The Morgan fingerprint density at radius 1 is 0.750 bits per heavy atom. The van der Waals surface area contributed by atoms with Crippen LogP contribution >= 0.6 is 0 Å². The van der Waals surface area contributed by atoms with Gasteiger partial charge in [0.25, 0.3) is 0 Å². The van der Waals surface area contributed by atoms with Gasteiger partial charge in [0.05, 0.1) is 20.3 Å². The molecule has 0 amide bonds. The summed E-state index contributed by atoms with van der Waals surface area (Å²) in [6.45, 7) is 4.04. The molecule has 0 saturated heterocycles. The van der Waals surface area contributed by atoms with Gasteiger partial charge in [-0.15, -0.1) is 0 Å². The maximum absolute atomic E-state index is 6.20. The van der Waals surface area contributed by atoms with Crippen LogP contribution in [0.5, 0.6) is 23.0 Å². The van der Waals surface area contributed by atoms with Crippen LogP contribution in [0.3, 0.4) is 0 Å². The van der Waals surface area contributed by atoms with Crippen molar-refractivity contribution in [2.75, 3.05) is 20.8 Å². The van der Waals surface area contributed by atoms with Crippen molar-refractivity contribution in [2.45, 2.75) is 39.0 Å². The molecule has 0 saturated carbocycles. The monoisotopic (exact) mass is 535 g/mol. The number of ether oxygens (including phenoxy) is 4. The molecule has 0 bridgehead atoms. The fourth-order valence-electron chi connectivity index (χ4n) is 5.06. The average molecular weight is 536 g/mol. The van der Waals surface area contributed by atoms with Gasteiger partial charge in [-0.25, -0.2) is 0 Å². The minimum absolute atomic E-state index is 0.0568. The number of fused-ring (bicyclic) bond motifs is 1. The predicted molar refractivity (Wildman–Crippen MR) is 160 cm³/mol. The van der Waals surface area contributed by atoms with Crippen molar-refractivity contribution in [3.8, 4) is 23.0 Å². The fraction of sp³-hybridized carbons (Fsp3) is 0.257. The van der Waals surface area contributed by atoms with Crippen molar-refractivity contribution in [3.05, 3.63) is 124 Å². The maximum Gasteiger partial charge on any atom is 0.162 e. The van der Waals surface area contributed by atoms with Crippen LogP contribution in [0.4, 0.5) is 0 Å². The topological polar surface area (TPSA) is 49.0 Å². The van der Waals surface area contributed by atoms with E-state index in [-0.39, 0.29) is 6.04 Å². The van der Waals surface area contributed by atoms with E-state index in [1.165, 1.54) is 16.7 Å². The lowest BCUT2D eigenvalue weighted by molar-refractivity contribution is 0.283. The van der Waals surface area contributed by atoms with Crippen LogP contribution in [0.15, 0.2) is 91.0 Å². The zero-order valence-corrected chi connectivity index (χ0v) is 23.5. The summed E-state index contributed by atoms with van der Waals surface area (Å²) < 4.78 is 23.8. The lowest BCUT2D eigenvalue weighted by Crippen LogP contribution is -2.28. The highest BCUT2D eigenvalue weighted by Crippen LogP contribution is 2.37. The van der Waals surface area contributed by atoms with E-state index in [1.807, 2.05) is 36.4 Å². The number of benzene rings is 4. The number of nitrogens with one attached hydrogen (secondary N) is 1. The minimum Gasteiger partial charge on any atom is -0.493 e. The quantitative estimate of drug-likeness (QED) is 0.218. The highest BCUT2D eigenvalue weighted by molar-refractivity contribution is 5.62. The van der Waals surface area contributed by atoms with Gasteiger partial charge in [0.1, 0.15) is 13.2 Å². The highest BCUT2D eigenvalue weighted by Gasteiger charge is 2.21. The first-order valence-corrected chi connectivity index (χ1v) is 13.8. The van der Waals surface area contributed by atoms with Crippen LogP contribution in [0, 0.1) is 0 Å². The lowest BCUT2D eigenvalue weighted by Gasteiger charge is -2.26. The van der Waals surface area contributed by atoms with E-state index in [0.29, 0.717) is 13.2 Å². The molecule has 1 aliphatic rings. The molecule has 1 aliphatic heterocycles. The van der Waals surface area contributed by atoms with Gasteiger partial charge in [-0.2, -0.15) is 0 Å². The van der Waals surface area contributed by atoms with E-state index in [4.69, 9.17) is 18.9 Å². The highest BCUT2D eigenvalue weighted by atomic mass is 16.5. The smallest absolute Gasteiger partial charge is 0.162 e. The van der Waals surface area contributed by atoms with E-state index in [1.54, 1.807) is 14.2 Å². The van der Waals surface area contributed by atoms with Crippen LogP contribution in [0.25, 0.3) is 6.08 Å². The van der Waals surface area contributed by atoms with Crippen molar-refractivity contribution in [1.82, 2.24) is 5.32 Å². The summed E-state index contributed by atoms with van der Waals surface area (Å²) in [5, 5.41) is 3.66. The first-order valence-electron chi connectivity index (χ1n) is 13.8. The molecule has 0 aliphatic carbocycles. The summed E-state index contributed by atoms with van der Waals surface area (Å²) in [7, 11) is 3.38. The van der Waals surface area contributed by atoms with E-state index >= 15 is 0 Å². The van der Waals surface area contributed by atoms with Gasteiger partial charge in [0.2, 0.25) is 0 Å². The first-order chi connectivity index (χ1) is 19.7. The van der Waals surface area contributed by atoms with Gasteiger partial charge >= 0.3 is 0 Å². The summed E-state index contributed by atoms with van der Waals surface area (Å²) in [5.41, 5.74) is 7.05. The van der Waals surface area contributed by atoms with Crippen LogP contribution in [-0.4, -0.2) is 20.8 Å². The lowest BCUT2D eigenvalue weighted by atomic mass is 9.92. The number of methoxy groups -OCH3 is 2. The average Bonchev–Trinajstić information content (AvgIpc) is 3.02. The second-order valence-electron chi connectivity index (χ2n) is 9.85. The number of hydrogen-bond acceptors (Lipinski definition) is 5. The molecule has 0 radical (unpaired) electrons. The van der Waals surface area contributed by atoms with E-state index in [9.17, 15) is 0 Å². The third kappa shape index (κ3) is 6.49.